The lowest BCUT2D eigenvalue weighted by molar-refractivity contribution is -0.0111. The highest BCUT2D eigenvalue weighted by Crippen LogP contribution is 2.32. The van der Waals surface area contributed by atoms with Crippen molar-refractivity contribution < 1.29 is 14.6 Å². The zero-order valence-electron chi connectivity index (χ0n) is 11.4. The molecule has 0 saturated carbocycles. The average Bonchev–Trinajstić information content (AvgIpc) is 2.74. The third-order valence-electron chi connectivity index (χ3n) is 3.67. The van der Waals surface area contributed by atoms with Crippen molar-refractivity contribution in [2.45, 2.75) is 38.1 Å². The van der Waals surface area contributed by atoms with Crippen LogP contribution in [0.15, 0.2) is 43.0 Å². The van der Waals surface area contributed by atoms with Crippen LogP contribution < -0.4 is 4.74 Å². The molecule has 3 nitrogen and oxygen atoms in total. The zero-order valence-corrected chi connectivity index (χ0v) is 11.4. The monoisotopic (exact) mass is 262 g/mol. The van der Waals surface area contributed by atoms with E-state index in [0.29, 0.717) is 0 Å². The van der Waals surface area contributed by atoms with E-state index in [0.717, 1.165) is 18.6 Å². The minimum atomic E-state index is -0.136. The third-order valence-corrected chi connectivity index (χ3v) is 3.67. The molecule has 4 unspecified atom stereocenters. The van der Waals surface area contributed by atoms with Gasteiger partial charge in [-0.1, -0.05) is 31.2 Å². The molecule has 19 heavy (non-hydrogen) atoms. The first-order valence-corrected chi connectivity index (χ1v) is 6.85. The van der Waals surface area contributed by atoms with Crippen LogP contribution in [-0.4, -0.2) is 30.0 Å². The van der Waals surface area contributed by atoms with Crippen LogP contribution in [0.4, 0.5) is 0 Å². The molecular formula is C16H22O3. The summed E-state index contributed by atoms with van der Waals surface area (Å²) >= 11 is 0. The summed E-state index contributed by atoms with van der Waals surface area (Å²) in [7, 11) is 0. The second kappa shape index (κ2) is 6.73. The molecule has 0 spiro atoms. The lowest BCUT2D eigenvalue weighted by atomic mass is 9.96. The Morgan fingerprint density at radius 3 is 2.68 bits per heavy atom. The highest BCUT2D eigenvalue weighted by Gasteiger charge is 2.42. The van der Waals surface area contributed by atoms with E-state index in [1.807, 2.05) is 36.4 Å². The predicted molar refractivity (Wildman–Crippen MR) is 75.2 cm³/mol. The summed E-state index contributed by atoms with van der Waals surface area (Å²) in [5.74, 6) is 1.03. The summed E-state index contributed by atoms with van der Waals surface area (Å²) in [5.41, 5.74) is 0. The van der Waals surface area contributed by atoms with Crippen molar-refractivity contribution >= 4 is 0 Å². The number of hydrogen-bond donors (Lipinski definition) is 1. The molecule has 0 radical (unpaired) electrons. The van der Waals surface area contributed by atoms with E-state index in [4.69, 9.17) is 9.47 Å². The number of ether oxygens (including phenoxy) is 2. The summed E-state index contributed by atoms with van der Waals surface area (Å²) < 4.78 is 11.9. The van der Waals surface area contributed by atoms with E-state index < -0.39 is 0 Å². The molecule has 1 aliphatic heterocycles. The van der Waals surface area contributed by atoms with Gasteiger partial charge in [-0.2, -0.15) is 0 Å². The van der Waals surface area contributed by atoms with Gasteiger partial charge in [-0.25, -0.2) is 0 Å². The van der Waals surface area contributed by atoms with Crippen molar-refractivity contribution in [2.24, 2.45) is 5.92 Å². The maximum atomic E-state index is 9.36. The summed E-state index contributed by atoms with van der Waals surface area (Å²) in [4.78, 5) is 0. The van der Waals surface area contributed by atoms with Crippen LogP contribution in [0.1, 0.15) is 19.8 Å². The smallest absolute Gasteiger partial charge is 0.130 e. The van der Waals surface area contributed by atoms with Crippen LogP contribution in [0, 0.1) is 5.92 Å². The van der Waals surface area contributed by atoms with Gasteiger partial charge in [-0.05, 0) is 25.0 Å². The lowest BCUT2D eigenvalue weighted by Crippen LogP contribution is -2.32. The van der Waals surface area contributed by atoms with Gasteiger partial charge < -0.3 is 14.6 Å². The Morgan fingerprint density at radius 1 is 1.32 bits per heavy atom. The minimum Gasteiger partial charge on any atom is -0.487 e. The van der Waals surface area contributed by atoms with Crippen LogP contribution in [0.2, 0.25) is 0 Å². The van der Waals surface area contributed by atoms with Crippen molar-refractivity contribution in [3.8, 4) is 5.75 Å². The Hall–Kier alpha value is -1.32. The van der Waals surface area contributed by atoms with E-state index in [-0.39, 0.29) is 30.8 Å². The first-order chi connectivity index (χ1) is 9.26. The third kappa shape index (κ3) is 3.37. The van der Waals surface area contributed by atoms with Gasteiger partial charge in [0, 0.05) is 5.92 Å². The highest BCUT2D eigenvalue weighted by atomic mass is 16.6. The Kier molecular flexibility index (Phi) is 5.00. The van der Waals surface area contributed by atoms with Crippen molar-refractivity contribution in [3.05, 3.63) is 43.0 Å². The van der Waals surface area contributed by atoms with Gasteiger partial charge in [-0.15, -0.1) is 6.58 Å². The standard InChI is InChI=1S/C16H22O3/c1-3-4-10-14-16(12(2)15(11-17)19-14)18-13-8-6-5-7-9-13/h3,5-9,12,14-17H,1,4,10-11H2,2H3. The topological polar surface area (TPSA) is 38.7 Å². The molecule has 3 heteroatoms. The van der Waals surface area contributed by atoms with Gasteiger partial charge >= 0.3 is 0 Å². The van der Waals surface area contributed by atoms with E-state index in [1.165, 1.54) is 0 Å². The predicted octanol–water partition coefficient (Wildman–Crippen LogP) is 2.80. The fourth-order valence-electron chi connectivity index (χ4n) is 2.54. The van der Waals surface area contributed by atoms with Gasteiger partial charge in [0.2, 0.25) is 0 Å². The van der Waals surface area contributed by atoms with E-state index in [2.05, 4.69) is 13.5 Å². The molecular weight excluding hydrogens is 240 g/mol. The van der Waals surface area contributed by atoms with E-state index in [1.54, 1.807) is 0 Å². The maximum absolute atomic E-state index is 9.36. The largest absolute Gasteiger partial charge is 0.487 e. The van der Waals surface area contributed by atoms with Crippen molar-refractivity contribution in [3.63, 3.8) is 0 Å². The molecule has 1 heterocycles. The second-order valence-electron chi connectivity index (χ2n) is 5.02. The number of rotatable bonds is 6. The Balaban J connectivity index is 2.07. The van der Waals surface area contributed by atoms with Crippen molar-refractivity contribution in [1.29, 1.82) is 0 Å². The van der Waals surface area contributed by atoms with Crippen LogP contribution in [0.5, 0.6) is 5.75 Å². The number of benzene rings is 1. The zero-order chi connectivity index (χ0) is 13.7. The summed E-state index contributed by atoms with van der Waals surface area (Å²) in [6, 6.07) is 9.77. The van der Waals surface area contributed by atoms with Gasteiger partial charge in [0.15, 0.2) is 0 Å². The van der Waals surface area contributed by atoms with Gasteiger partial charge in [0.05, 0.1) is 18.8 Å². The Labute approximate surface area is 114 Å². The van der Waals surface area contributed by atoms with Crippen LogP contribution in [-0.2, 0) is 4.74 Å². The molecule has 1 N–H and O–H groups in total. The quantitative estimate of drug-likeness (QED) is 0.801. The van der Waals surface area contributed by atoms with Gasteiger partial charge in [-0.3, -0.25) is 0 Å². The van der Waals surface area contributed by atoms with Crippen molar-refractivity contribution in [2.75, 3.05) is 6.61 Å². The first kappa shape index (κ1) is 14.1. The van der Waals surface area contributed by atoms with Crippen LogP contribution >= 0.6 is 0 Å². The SMILES string of the molecule is C=CCCC1OC(CO)C(C)C1Oc1ccccc1. The number of hydrogen-bond acceptors (Lipinski definition) is 3. The molecule has 2 rings (SSSR count). The number of aliphatic hydroxyl groups excluding tert-OH is 1. The number of aliphatic hydroxyl groups is 1. The molecule has 4 atom stereocenters. The molecule has 0 amide bonds. The second-order valence-corrected chi connectivity index (χ2v) is 5.02. The molecule has 0 aliphatic carbocycles. The van der Waals surface area contributed by atoms with Gasteiger partial charge in [0.25, 0.3) is 0 Å². The van der Waals surface area contributed by atoms with E-state index >= 15 is 0 Å². The molecule has 0 aromatic heterocycles. The van der Waals surface area contributed by atoms with Gasteiger partial charge in [0.1, 0.15) is 11.9 Å². The first-order valence-electron chi connectivity index (χ1n) is 6.85. The maximum Gasteiger partial charge on any atom is 0.130 e. The molecule has 1 aliphatic rings. The number of allylic oxidation sites excluding steroid dienone is 1. The lowest BCUT2D eigenvalue weighted by Gasteiger charge is -2.22. The normalized spacial score (nSPS) is 30.2. The van der Waals surface area contributed by atoms with Crippen molar-refractivity contribution in [1.82, 2.24) is 0 Å². The highest BCUT2D eigenvalue weighted by molar-refractivity contribution is 5.21. The molecule has 1 aromatic rings. The van der Waals surface area contributed by atoms with Crippen LogP contribution in [0.25, 0.3) is 0 Å². The average molecular weight is 262 g/mol. The summed E-state index contributed by atoms with van der Waals surface area (Å²) in [5, 5.41) is 9.36. The fraction of sp³-hybridized carbons (Fsp3) is 0.500. The van der Waals surface area contributed by atoms with E-state index in [9.17, 15) is 5.11 Å². The fourth-order valence-corrected chi connectivity index (χ4v) is 2.54. The molecule has 0 bridgehead atoms. The minimum absolute atomic E-state index is 0.0144. The number of para-hydroxylation sites is 1. The van der Waals surface area contributed by atoms with Crippen LogP contribution in [0.3, 0.4) is 0 Å². The molecule has 1 fully saturated rings. The summed E-state index contributed by atoms with van der Waals surface area (Å²) in [6.07, 6.45) is 3.53. The Bertz CT molecular complexity index is 390. The molecule has 1 aromatic carbocycles. The Morgan fingerprint density at radius 2 is 2.05 bits per heavy atom. The molecule has 104 valence electrons. The summed E-state index contributed by atoms with van der Waals surface area (Å²) in [6.45, 7) is 5.86. The molecule has 1 saturated heterocycles.